The van der Waals surface area contributed by atoms with Crippen molar-refractivity contribution in [2.24, 2.45) is 4.36 Å². The van der Waals surface area contributed by atoms with Crippen LogP contribution in [-0.2, 0) is 9.73 Å². The van der Waals surface area contributed by atoms with Gasteiger partial charge in [-0.3, -0.25) is 4.79 Å². The van der Waals surface area contributed by atoms with Crippen LogP contribution in [0.5, 0.6) is 0 Å². The minimum atomic E-state index is -2.55. The highest BCUT2D eigenvalue weighted by Crippen LogP contribution is 2.25. The molecule has 1 unspecified atom stereocenters. The summed E-state index contributed by atoms with van der Waals surface area (Å²) >= 11 is 0. The van der Waals surface area contributed by atoms with Crippen LogP contribution in [0.4, 0.5) is 0 Å². The van der Waals surface area contributed by atoms with Gasteiger partial charge in [-0.25, -0.2) is 4.21 Å². The highest BCUT2D eigenvalue weighted by Gasteiger charge is 2.28. The van der Waals surface area contributed by atoms with Crippen molar-refractivity contribution in [2.45, 2.75) is 5.09 Å². The van der Waals surface area contributed by atoms with Gasteiger partial charge in [0.25, 0.3) is 5.91 Å². The van der Waals surface area contributed by atoms with E-state index in [4.69, 9.17) is 4.42 Å². The van der Waals surface area contributed by atoms with Crippen LogP contribution in [0.3, 0.4) is 0 Å². The van der Waals surface area contributed by atoms with Gasteiger partial charge in [0.15, 0.2) is 0 Å². The Labute approximate surface area is 63.4 Å². The van der Waals surface area contributed by atoms with Gasteiger partial charge in [-0.05, 0) is 6.07 Å². The van der Waals surface area contributed by atoms with Gasteiger partial charge in [0.05, 0.1) is 11.8 Å². The van der Waals surface area contributed by atoms with E-state index in [0.717, 1.165) is 0 Å². The molecule has 0 saturated carbocycles. The largest absolute Gasteiger partial charge is 0.454 e. The molecule has 5 heteroatoms. The SMILES string of the molecule is CS1(=O)=NC(=O)c2ccoc21. The van der Waals surface area contributed by atoms with Crippen molar-refractivity contribution in [3.05, 3.63) is 17.9 Å². The molecule has 4 nitrogen and oxygen atoms in total. The highest BCUT2D eigenvalue weighted by atomic mass is 32.2. The molecule has 1 amide bonds. The number of hydrogen-bond donors (Lipinski definition) is 0. The Balaban J connectivity index is 2.89. The molecule has 2 rings (SSSR count). The molecule has 0 aromatic carbocycles. The molecule has 0 N–H and O–H groups in total. The zero-order valence-electron chi connectivity index (χ0n) is 5.73. The summed E-state index contributed by atoms with van der Waals surface area (Å²) in [5.41, 5.74) is 0.331. The maximum atomic E-state index is 11.4. The van der Waals surface area contributed by atoms with E-state index in [1.807, 2.05) is 0 Å². The number of furan rings is 1. The average molecular weight is 171 g/mol. The lowest BCUT2D eigenvalue weighted by Gasteiger charge is -1.88. The van der Waals surface area contributed by atoms with Gasteiger partial charge in [-0.2, -0.15) is 4.36 Å². The van der Waals surface area contributed by atoms with Crippen LogP contribution < -0.4 is 0 Å². The molecule has 0 bridgehead atoms. The Bertz CT molecular complexity index is 436. The summed E-state index contributed by atoms with van der Waals surface area (Å²) < 4.78 is 19.7. The lowest BCUT2D eigenvalue weighted by Crippen LogP contribution is -1.89. The first-order valence-corrected chi connectivity index (χ1v) is 4.87. The fourth-order valence-corrected chi connectivity index (χ4v) is 2.29. The average Bonchev–Trinajstić information content (AvgIpc) is 2.37. The maximum absolute atomic E-state index is 11.4. The van der Waals surface area contributed by atoms with E-state index in [0.29, 0.717) is 5.56 Å². The van der Waals surface area contributed by atoms with Crippen LogP contribution in [0.15, 0.2) is 26.2 Å². The molecule has 0 aliphatic carbocycles. The summed E-state index contributed by atoms with van der Waals surface area (Å²) in [7, 11) is -2.55. The summed E-state index contributed by atoms with van der Waals surface area (Å²) in [6.45, 7) is 0. The third kappa shape index (κ3) is 0.742. The number of fused-ring (bicyclic) bond motifs is 1. The normalized spacial score (nSPS) is 28.3. The fraction of sp³-hybridized carbons (Fsp3) is 0.167. The summed E-state index contributed by atoms with van der Waals surface area (Å²) in [6.07, 6.45) is 2.74. The van der Waals surface area contributed by atoms with Gasteiger partial charge < -0.3 is 4.42 Å². The second-order valence-electron chi connectivity index (χ2n) is 2.32. The first kappa shape index (κ1) is 6.60. The van der Waals surface area contributed by atoms with Crippen molar-refractivity contribution in [2.75, 3.05) is 6.26 Å². The van der Waals surface area contributed by atoms with Crippen molar-refractivity contribution in [3.8, 4) is 0 Å². The lowest BCUT2D eigenvalue weighted by atomic mass is 10.3. The van der Waals surface area contributed by atoms with Crippen molar-refractivity contribution < 1.29 is 13.4 Å². The molecule has 0 saturated heterocycles. The van der Waals surface area contributed by atoms with E-state index in [1.165, 1.54) is 18.6 Å². The summed E-state index contributed by atoms with van der Waals surface area (Å²) in [4.78, 5) is 10.9. The first-order valence-electron chi connectivity index (χ1n) is 2.95. The molecular formula is C6H5NO3S. The maximum Gasteiger partial charge on any atom is 0.290 e. The predicted molar refractivity (Wildman–Crippen MR) is 37.8 cm³/mol. The molecule has 0 radical (unpaired) electrons. The van der Waals surface area contributed by atoms with E-state index >= 15 is 0 Å². The Hall–Kier alpha value is -1.10. The quantitative estimate of drug-likeness (QED) is 0.582. The number of rotatable bonds is 0. The Morgan fingerprint density at radius 2 is 2.36 bits per heavy atom. The molecule has 1 aromatic heterocycles. The molecule has 1 aromatic rings. The van der Waals surface area contributed by atoms with E-state index in [-0.39, 0.29) is 5.09 Å². The Kier molecular flexibility index (Phi) is 1.04. The molecule has 2 heterocycles. The second kappa shape index (κ2) is 1.73. The van der Waals surface area contributed by atoms with Crippen molar-refractivity contribution in [3.63, 3.8) is 0 Å². The van der Waals surface area contributed by atoms with Gasteiger partial charge in [0, 0.05) is 6.26 Å². The van der Waals surface area contributed by atoms with Gasteiger partial charge in [0.1, 0.15) is 9.73 Å². The second-order valence-corrected chi connectivity index (χ2v) is 4.48. The van der Waals surface area contributed by atoms with Crippen LogP contribution in [0.25, 0.3) is 0 Å². The first-order chi connectivity index (χ1) is 5.11. The van der Waals surface area contributed by atoms with Crippen LogP contribution >= 0.6 is 0 Å². The van der Waals surface area contributed by atoms with Crippen LogP contribution in [0.2, 0.25) is 0 Å². The molecule has 1 aliphatic rings. The summed E-state index contributed by atoms with van der Waals surface area (Å²) in [5.74, 6) is -0.443. The molecule has 58 valence electrons. The standard InChI is InChI=1S/C6H5NO3S/c1-11(9)6-4(2-3-10-6)5(8)7-11/h2-3H,1H3. The van der Waals surface area contributed by atoms with Gasteiger partial charge in [-0.15, -0.1) is 0 Å². The van der Waals surface area contributed by atoms with Gasteiger partial charge >= 0.3 is 0 Å². The van der Waals surface area contributed by atoms with Crippen molar-refractivity contribution in [1.29, 1.82) is 0 Å². The zero-order chi connectivity index (χ0) is 8.06. The van der Waals surface area contributed by atoms with Gasteiger partial charge in [0.2, 0.25) is 5.09 Å². The Morgan fingerprint density at radius 3 is 3.00 bits per heavy atom. The molecule has 11 heavy (non-hydrogen) atoms. The van der Waals surface area contributed by atoms with Crippen molar-refractivity contribution >= 4 is 15.6 Å². The molecule has 1 atom stereocenters. The topological polar surface area (TPSA) is 59.6 Å². The number of carbonyl (C=O) groups excluding carboxylic acids is 1. The number of nitrogens with zero attached hydrogens (tertiary/aromatic N) is 1. The van der Waals surface area contributed by atoms with Crippen molar-refractivity contribution in [1.82, 2.24) is 0 Å². The van der Waals surface area contributed by atoms with Gasteiger partial charge in [-0.1, -0.05) is 0 Å². The zero-order valence-corrected chi connectivity index (χ0v) is 6.55. The fourth-order valence-electron chi connectivity index (χ4n) is 0.996. The third-order valence-electron chi connectivity index (χ3n) is 1.46. The number of amides is 1. The molecular weight excluding hydrogens is 166 g/mol. The summed E-state index contributed by atoms with van der Waals surface area (Å²) in [6, 6.07) is 1.48. The minimum absolute atomic E-state index is 0.211. The monoisotopic (exact) mass is 171 g/mol. The van der Waals surface area contributed by atoms with Crippen LogP contribution in [0, 0.1) is 0 Å². The smallest absolute Gasteiger partial charge is 0.290 e. The molecule has 0 fully saturated rings. The number of hydrogen-bond acceptors (Lipinski definition) is 3. The predicted octanol–water partition coefficient (Wildman–Crippen LogP) is 0.890. The summed E-state index contributed by atoms with van der Waals surface area (Å²) in [5, 5.41) is 0.211. The minimum Gasteiger partial charge on any atom is -0.454 e. The third-order valence-corrected chi connectivity index (χ3v) is 2.98. The molecule has 0 spiro atoms. The molecule has 1 aliphatic heterocycles. The van der Waals surface area contributed by atoms with E-state index in [2.05, 4.69) is 4.36 Å². The van der Waals surface area contributed by atoms with E-state index < -0.39 is 15.6 Å². The highest BCUT2D eigenvalue weighted by molar-refractivity contribution is 7.93. The Morgan fingerprint density at radius 1 is 1.64 bits per heavy atom. The van der Waals surface area contributed by atoms with Crippen LogP contribution in [-0.4, -0.2) is 16.4 Å². The number of carbonyl (C=O) groups is 1. The van der Waals surface area contributed by atoms with Crippen LogP contribution in [0.1, 0.15) is 10.4 Å². The van der Waals surface area contributed by atoms with E-state index in [1.54, 1.807) is 0 Å². The van der Waals surface area contributed by atoms with E-state index in [9.17, 15) is 9.00 Å². The lowest BCUT2D eigenvalue weighted by molar-refractivity contribution is 0.100.